The number of rotatable bonds is 7. The van der Waals surface area contributed by atoms with Crippen molar-refractivity contribution in [2.45, 2.75) is 32.7 Å². The van der Waals surface area contributed by atoms with Gasteiger partial charge < -0.3 is 11.1 Å². The highest BCUT2D eigenvalue weighted by atomic mass is 32.2. The van der Waals surface area contributed by atoms with Gasteiger partial charge in [-0.05, 0) is 31.8 Å². The molecule has 0 saturated carbocycles. The molecule has 0 aliphatic rings. The van der Waals surface area contributed by atoms with Gasteiger partial charge in [0.25, 0.3) is 0 Å². The molecule has 0 heterocycles. The maximum Gasteiger partial charge on any atom is 0.224 e. The predicted molar refractivity (Wildman–Crippen MR) is 63.4 cm³/mol. The minimum absolute atomic E-state index is 0.0683. The molecule has 0 fully saturated rings. The number of carbonyl (C=O) groups is 1. The van der Waals surface area contributed by atoms with Crippen molar-refractivity contribution in [3.8, 4) is 0 Å². The number of hydrogen-bond acceptors (Lipinski definition) is 3. The van der Waals surface area contributed by atoms with Gasteiger partial charge in [0.05, 0.1) is 0 Å². The molecule has 3 N–H and O–H groups in total. The lowest BCUT2D eigenvalue weighted by Crippen LogP contribution is -2.38. The Bertz CT molecular complexity index is 162. The molecule has 0 radical (unpaired) electrons. The summed E-state index contributed by atoms with van der Waals surface area (Å²) in [5, 5.41) is 2.89. The molecular weight excluding hydrogens is 196 g/mol. The molecule has 0 aromatic rings. The second-order valence-electron chi connectivity index (χ2n) is 3.64. The normalized spacial score (nSPS) is 14.9. The Balaban J connectivity index is 3.44. The Morgan fingerprint density at radius 3 is 2.57 bits per heavy atom. The van der Waals surface area contributed by atoms with Gasteiger partial charge in [-0.2, -0.15) is 11.8 Å². The molecule has 14 heavy (non-hydrogen) atoms. The third kappa shape index (κ3) is 6.27. The molecule has 0 aromatic heterocycles. The first kappa shape index (κ1) is 13.8. The zero-order valence-electron chi connectivity index (χ0n) is 9.38. The van der Waals surface area contributed by atoms with Crippen LogP contribution in [0.3, 0.4) is 0 Å². The summed E-state index contributed by atoms with van der Waals surface area (Å²) < 4.78 is 0. The quantitative estimate of drug-likeness (QED) is 0.632. The first-order chi connectivity index (χ1) is 6.59. The van der Waals surface area contributed by atoms with Crippen LogP contribution in [-0.2, 0) is 4.79 Å². The topological polar surface area (TPSA) is 55.1 Å². The number of unbranched alkanes of at least 4 members (excludes halogenated alkanes) is 1. The maximum absolute atomic E-state index is 11.4. The highest BCUT2D eigenvalue weighted by Gasteiger charge is 2.15. The van der Waals surface area contributed by atoms with Crippen LogP contribution in [0.2, 0.25) is 0 Å². The molecular formula is C10H22N2OS. The van der Waals surface area contributed by atoms with Crippen LogP contribution in [0.5, 0.6) is 0 Å². The van der Waals surface area contributed by atoms with Crippen LogP contribution < -0.4 is 11.1 Å². The SMILES string of the molecule is CSCCCCNC(=O)C(C)C(C)N. The summed E-state index contributed by atoms with van der Waals surface area (Å²) in [7, 11) is 0. The second-order valence-corrected chi connectivity index (χ2v) is 4.62. The first-order valence-electron chi connectivity index (χ1n) is 5.11. The molecule has 84 valence electrons. The van der Waals surface area contributed by atoms with Gasteiger partial charge >= 0.3 is 0 Å². The Hall–Kier alpha value is -0.220. The molecule has 0 rings (SSSR count). The summed E-state index contributed by atoms with van der Waals surface area (Å²) in [6, 6.07) is -0.0683. The third-order valence-electron chi connectivity index (χ3n) is 2.28. The minimum Gasteiger partial charge on any atom is -0.356 e. The number of nitrogens with one attached hydrogen (secondary N) is 1. The van der Waals surface area contributed by atoms with E-state index in [4.69, 9.17) is 5.73 Å². The fourth-order valence-electron chi connectivity index (χ4n) is 0.983. The molecule has 2 atom stereocenters. The predicted octanol–water partition coefficient (Wildman–Crippen LogP) is 1.23. The van der Waals surface area contributed by atoms with E-state index in [-0.39, 0.29) is 17.9 Å². The highest BCUT2D eigenvalue weighted by Crippen LogP contribution is 2.01. The fraction of sp³-hybridized carbons (Fsp3) is 0.900. The molecule has 1 amide bonds. The summed E-state index contributed by atoms with van der Waals surface area (Å²) in [4.78, 5) is 11.4. The van der Waals surface area contributed by atoms with E-state index in [2.05, 4.69) is 11.6 Å². The van der Waals surface area contributed by atoms with Crippen molar-refractivity contribution < 1.29 is 4.79 Å². The average molecular weight is 218 g/mol. The Morgan fingerprint density at radius 1 is 1.43 bits per heavy atom. The number of hydrogen-bond donors (Lipinski definition) is 2. The smallest absolute Gasteiger partial charge is 0.224 e. The summed E-state index contributed by atoms with van der Waals surface area (Å²) in [6.45, 7) is 4.50. The van der Waals surface area contributed by atoms with Gasteiger partial charge in [-0.3, -0.25) is 4.79 Å². The maximum atomic E-state index is 11.4. The van der Waals surface area contributed by atoms with E-state index in [1.54, 1.807) is 0 Å². The number of amides is 1. The van der Waals surface area contributed by atoms with Gasteiger partial charge in [-0.25, -0.2) is 0 Å². The van der Waals surface area contributed by atoms with E-state index in [1.165, 1.54) is 5.75 Å². The molecule has 0 bridgehead atoms. The third-order valence-corrected chi connectivity index (χ3v) is 2.97. The van der Waals surface area contributed by atoms with Gasteiger partial charge in [0.2, 0.25) is 5.91 Å². The van der Waals surface area contributed by atoms with E-state index in [0.29, 0.717) is 0 Å². The van der Waals surface area contributed by atoms with Gasteiger partial charge in [-0.15, -0.1) is 0 Å². The lowest BCUT2D eigenvalue weighted by atomic mass is 10.0. The monoisotopic (exact) mass is 218 g/mol. The van der Waals surface area contributed by atoms with Crippen LogP contribution in [0.25, 0.3) is 0 Å². The number of nitrogens with two attached hydrogens (primary N) is 1. The van der Waals surface area contributed by atoms with Gasteiger partial charge in [-0.1, -0.05) is 6.92 Å². The molecule has 0 aromatic carbocycles. The Kier molecular flexibility index (Phi) is 7.99. The summed E-state index contributed by atoms with van der Waals surface area (Å²) in [5.41, 5.74) is 5.62. The van der Waals surface area contributed by atoms with Crippen molar-refractivity contribution in [1.82, 2.24) is 5.32 Å². The van der Waals surface area contributed by atoms with Gasteiger partial charge in [0, 0.05) is 18.5 Å². The van der Waals surface area contributed by atoms with E-state index in [0.717, 1.165) is 19.4 Å². The lowest BCUT2D eigenvalue weighted by Gasteiger charge is -2.15. The Labute approximate surface area is 91.2 Å². The molecule has 0 saturated heterocycles. The number of carbonyl (C=O) groups excluding carboxylic acids is 1. The zero-order valence-corrected chi connectivity index (χ0v) is 10.2. The van der Waals surface area contributed by atoms with E-state index in [9.17, 15) is 4.79 Å². The molecule has 2 unspecified atom stereocenters. The van der Waals surface area contributed by atoms with Gasteiger partial charge in [0.15, 0.2) is 0 Å². The van der Waals surface area contributed by atoms with E-state index in [1.807, 2.05) is 25.6 Å². The van der Waals surface area contributed by atoms with Crippen molar-refractivity contribution in [2.75, 3.05) is 18.6 Å². The summed E-state index contributed by atoms with van der Waals surface area (Å²) in [5.74, 6) is 1.15. The minimum atomic E-state index is -0.0875. The fourth-order valence-corrected chi connectivity index (χ4v) is 1.48. The lowest BCUT2D eigenvalue weighted by molar-refractivity contribution is -0.124. The molecule has 4 heteroatoms. The summed E-state index contributed by atoms with van der Waals surface area (Å²) in [6.07, 6.45) is 4.31. The second kappa shape index (κ2) is 8.12. The van der Waals surface area contributed by atoms with Crippen molar-refractivity contribution >= 4 is 17.7 Å². The zero-order chi connectivity index (χ0) is 11.0. The molecule has 3 nitrogen and oxygen atoms in total. The van der Waals surface area contributed by atoms with Crippen LogP contribution >= 0.6 is 11.8 Å². The van der Waals surface area contributed by atoms with Crippen LogP contribution in [0.1, 0.15) is 26.7 Å². The number of thioether (sulfide) groups is 1. The first-order valence-corrected chi connectivity index (χ1v) is 6.51. The van der Waals surface area contributed by atoms with Crippen LogP contribution in [0.15, 0.2) is 0 Å². The van der Waals surface area contributed by atoms with Crippen molar-refractivity contribution in [3.05, 3.63) is 0 Å². The molecule has 0 aliphatic carbocycles. The van der Waals surface area contributed by atoms with E-state index < -0.39 is 0 Å². The van der Waals surface area contributed by atoms with Crippen LogP contribution in [0, 0.1) is 5.92 Å². The standard InChI is InChI=1S/C10H22N2OS/c1-8(9(2)11)10(13)12-6-4-5-7-14-3/h8-9H,4-7,11H2,1-3H3,(H,12,13). The van der Waals surface area contributed by atoms with E-state index >= 15 is 0 Å². The average Bonchev–Trinajstić information content (AvgIpc) is 2.16. The van der Waals surface area contributed by atoms with Crippen molar-refractivity contribution in [2.24, 2.45) is 11.7 Å². The highest BCUT2D eigenvalue weighted by molar-refractivity contribution is 7.98. The molecule has 0 spiro atoms. The Morgan fingerprint density at radius 2 is 2.07 bits per heavy atom. The van der Waals surface area contributed by atoms with Crippen LogP contribution in [0.4, 0.5) is 0 Å². The van der Waals surface area contributed by atoms with Crippen molar-refractivity contribution in [1.29, 1.82) is 0 Å². The van der Waals surface area contributed by atoms with Gasteiger partial charge in [0.1, 0.15) is 0 Å². The molecule has 0 aliphatic heterocycles. The van der Waals surface area contributed by atoms with Crippen molar-refractivity contribution in [3.63, 3.8) is 0 Å². The summed E-state index contributed by atoms with van der Waals surface area (Å²) >= 11 is 1.84. The largest absolute Gasteiger partial charge is 0.356 e. The van der Waals surface area contributed by atoms with Crippen LogP contribution in [-0.4, -0.2) is 30.5 Å².